The Kier molecular flexibility index (Phi) is 8.46. The molecule has 2 aromatic carbocycles. The zero-order valence-electron chi connectivity index (χ0n) is 23.2. The van der Waals surface area contributed by atoms with E-state index in [0.717, 1.165) is 11.1 Å². The summed E-state index contributed by atoms with van der Waals surface area (Å²) in [5, 5.41) is 0. The van der Waals surface area contributed by atoms with Crippen molar-refractivity contribution in [3.05, 3.63) is 77.5 Å². The molecule has 198 valence electrons. The van der Waals surface area contributed by atoms with Crippen molar-refractivity contribution in [2.24, 2.45) is 10.9 Å². The predicted molar refractivity (Wildman–Crippen MR) is 147 cm³/mol. The Hall–Kier alpha value is -3.61. The highest BCUT2D eigenvalue weighted by Crippen LogP contribution is 2.36. The van der Waals surface area contributed by atoms with Gasteiger partial charge in [-0.05, 0) is 64.7 Å². The van der Waals surface area contributed by atoms with Crippen LogP contribution in [0.2, 0.25) is 0 Å². The van der Waals surface area contributed by atoms with Crippen LogP contribution in [-0.4, -0.2) is 45.2 Å². The molecule has 1 aliphatic heterocycles. The normalized spacial score (nSPS) is 18.6. The number of ether oxygens (including phenoxy) is 2. The zero-order valence-corrected chi connectivity index (χ0v) is 23.2. The van der Waals surface area contributed by atoms with Crippen LogP contribution in [0, 0.1) is 5.92 Å². The molecule has 1 fully saturated rings. The molecule has 1 atom stereocenters. The van der Waals surface area contributed by atoms with E-state index in [1.165, 1.54) is 4.90 Å². The van der Waals surface area contributed by atoms with Crippen LogP contribution < -0.4 is 0 Å². The number of benzene rings is 2. The fourth-order valence-electron chi connectivity index (χ4n) is 4.16. The van der Waals surface area contributed by atoms with Crippen molar-refractivity contribution in [2.75, 3.05) is 0 Å². The maximum absolute atomic E-state index is 13.7. The summed E-state index contributed by atoms with van der Waals surface area (Å²) in [6.07, 6.45) is 0.597. The number of carbonyl (C=O) groups is 2. The summed E-state index contributed by atoms with van der Waals surface area (Å²) in [6, 6.07) is 19.4. The van der Waals surface area contributed by atoms with Crippen LogP contribution in [0.1, 0.15) is 66.5 Å². The number of amides is 2. The monoisotopic (exact) mass is 505 g/mol. The molecule has 7 nitrogen and oxygen atoms in total. The average Bonchev–Trinajstić information content (AvgIpc) is 3.05. The summed E-state index contributed by atoms with van der Waals surface area (Å²) in [5.41, 5.74) is 1.16. The number of hydrogen-bond donors (Lipinski definition) is 0. The van der Waals surface area contributed by atoms with E-state index >= 15 is 0 Å². The lowest BCUT2D eigenvalue weighted by molar-refractivity contribution is 0.0414. The third-order valence-corrected chi connectivity index (χ3v) is 5.46. The van der Waals surface area contributed by atoms with Gasteiger partial charge in [-0.3, -0.25) is 0 Å². The molecule has 37 heavy (non-hydrogen) atoms. The first kappa shape index (κ1) is 28.0. The third-order valence-electron chi connectivity index (χ3n) is 5.46. The van der Waals surface area contributed by atoms with Crippen molar-refractivity contribution in [1.82, 2.24) is 9.80 Å². The second kappa shape index (κ2) is 11.2. The van der Waals surface area contributed by atoms with E-state index in [1.54, 1.807) is 20.8 Å². The fourth-order valence-corrected chi connectivity index (χ4v) is 4.16. The Morgan fingerprint density at radius 3 is 1.95 bits per heavy atom. The number of nitrogens with zero attached hydrogens (tertiary/aromatic N) is 3. The van der Waals surface area contributed by atoms with Gasteiger partial charge in [0, 0.05) is 6.54 Å². The van der Waals surface area contributed by atoms with Crippen LogP contribution in [0.4, 0.5) is 9.59 Å². The molecular weight excluding hydrogens is 466 g/mol. The molecular formula is C30H39N3O4. The van der Waals surface area contributed by atoms with E-state index in [-0.39, 0.29) is 17.9 Å². The molecule has 0 spiro atoms. The molecule has 0 N–H and O–H groups in total. The van der Waals surface area contributed by atoms with E-state index < -0.39 is 23.4 Å². The lowest BCUT2D eigenvalue weighted by Crippen LogP contribution is -2.42. The number of guanidine groups is 1. The van der Waals surface area contributed by atoms with Crippen LogP contribution in [0.25, 0.3) is 6.08 Å². The maximum atomic E-state index is 13.7. The minimum absolute atomic E-state index is 0.0787. The van der Waals surface area contributed by atoms with E-state index in [1.807, 2.05) is 92.4 Å². The molecule has 1 saturated heterocycles. The van der Waals surface area contributed by atoms with Gasteiger partial charge in [0.15, 0.2) is 0 Å². The van der Waals surface area contributed by atoms with Crippen molar-refractivity contribution in [3.8, 4) is 0 Å². The first-order chi connectivity index (χ1) is 17.2. The van der Waals surface area contributed by atoms with Crippen LogP contribution in [0.5, 0.6) is 0 Å². The summed E-state index contributed by atoms with van der Waals surface area (Å²) >= 11 is 0. The molecule has 1 aliphatic rings. The molecule has 0 aliphatic carbocycles. The minimum Gasteiger partial charge on any atom is -0.443 e. The van der Waals surface area contributed by atoms with Gasteiger partial charge in [-0.25, -0.2) is 14.5 Å². The van der Waals surface area contributed by atoms with Gasteiger partial charge in [0.1, 0.15) is 11.2 Å². The molecule has 2 aromatic rings. The second-order valence-electron chi connectivity index (χ2n) is 11.5. The molecule has 0 radical (unpaired) electrons. The topological polar surface area (TPSA) is 71.4 Å². The summed E-state index contributed by atoms with van der Waals surface area (Å²) in [5.74, 6) is 0.267. The van der Waals surface area contributed by atoms with Crippen LogP contribution in [0.3, 0.4) is 0 Å². The summed E-state index contributed by atoms with van der Waals surface area (Å²) in [7, 11) is 0. The number of rotatable bonds is 4. The third kappa shape index (κ3) is 7.68. The molecule has 0 bridgehead atoms. The molecule has 2 amide bonds. The molecule has 1 unspecified atom stereocenters. The Balaban J connectivity index is 2.23. The van der Waals surface area contributed by atoms with Gasteiger partial charge >= 0.3 is 12.2 Å². The van der Waals surface area contributed by atoms with Crippen LogP contribution in [0.15, 0.2) is 71.4 Å². The highest BCUT2D eigenvalue weighted by atomic mass is 16.6. The Labute approximate surface area is 220 Å². The minimum atomic E-state index is -0.766. The molecule has 1 heterocycles. The molecule has 0 saturated carbocycles. The summed E-state index contributed by atoms with van der Waals surface area (Å²) < 4.78 is 11.3. The van der Waals surface area contributed by atoms with Crippen LogP contribution in [-0.2, 0) is 16.0 Å². The van der Waals surface area contributed by atoms with E-state index in [4.69, 9.17) is 9.47 Å². The van der Waals surface area contributed by atoms with Gasteiger partial charge in [-0.15, -0.1) is 4.99 Å². The highest BCUT2D eigenvalue weighted by molar-refractivity contribution is 6.04. The zero-order chi connectivity index (χ0) is 27.4. The lowest BCUT2D eigenvalue weighted by atomic mass is 9.98. The summed E-state index contributed by atoms with van der Waals surface area (Å²) in [6.45, 7) is 15.4. The van der Waals surface area contributed by atoms with Crippen molar-refractivity contribution < 1.29 is 19.1 Å². The standard InChI is InChI=1S/C30H39N3O4/c1-21(2)25-24(19-22-15-11-9-12-16-22)33(28(35)37-30(6,7)8)26(31-27(34)36-29(3,4)5)32(25)20-23-17-13-10-14-18-23/h9-19,21,25H,20H2,1-8H3/b24-19-,31-26+. The highest BCUT2D eigenvalue weighted by Gasteiger charge is 2.46. The average molecular weight is 506 g/mol. The SMILES string of the molecule is CC(C)C1/C(=C/c2ccccc2)N(C(=O)OC(C)(C)C)/C(=N/C(=O)OC(C)(C)C)N1Cc1ccccc1. The van der Waals surface area contributed by atoms with Gasteiger partial charge in [-0.1, -0.05) is 74.5 Å². The van der Waals surface area contributed by atoms with Crippen molar-refractivity contribution >= 4 is 24.2 Å². The van der Waals surface area contributed by atoms with Crippen molar-refractivity contribution in [1.29, 1.82) is 0 Å². The van der Waals surface area contributed by atoms with E-state index in [9.17, 15) is 9.59 Å². The number of hydrogen-bond acceptors (Lipinski definition) is 4. The maximum Gasteiger partial charge on any atom is 0.437 e. The van der Waals surface area contributed by atoms with E-state index in [0.29, 0.717) is 12.2 Å². The quantitative estimate of drug-likeness (QED) is 0.443. The van der Waals surface area contributed by atoms with Crippen molar-refractivity contribution in [2.45, 2.75) is 79.2 Å². The van der Waals surface area contributed by atoms with Gasteiger partial charge in [0.05, 0.1) is 11.7 Å². The Morgan fingerprint density at radius 1 is 0.892 bits per heavy atom. The predicted octanol–water partition coefficient (Wildman–Crippen LogP) is 7.10. The second-order valence-corrected chi connectivity index (χ2v) is 11.5. The van der Waals surface area contributed by atoms with Crippen molar-refractivity contribution in [3.63, 3.8) is 0 Å². The number of aliphatic imine (C=N–C) groups is 1. The molecule has 3 rings (SSSR count). The van der Waals surface area contributed by atoms with Gasteiger partial charge < -0.3 is 14.4 Å². The Bertz CT molecular complexity index is 1140. The van der Waals surface area contributed by atoms with Gasteiger partial charge in [0.2, 0.25) is 5.96 Å². The Morgan fingerprint density at radius 2 is 1.43 bits per heavy atom. The molecule has 7 heteroatoms. The first-order valence-corrected chi connectivity index (χ1v) is 12.7. The first-order valence-electron chi connectivity index (χ1n) is 12.7. The molecule has 0 aromatic heterocycles. The lowest BCUT2D eigenvalue weighted by Gasteiger charge is -2.28. The van der Waals surface area contributed by atoms with E-state index in [2.05, 4.69) is 18.8 Å². The van der Waals surface area contributed by atoms with Gasteiger partial charge in [-0.2, -0.15) is 0 Å². The smallest absolute Gasteiger partial charge is 0.437 e. The van der Waals surface area contributed by atoms with Crippen LogP contribution >= 0.6 is 0 Å². The summed E-state index contributed by atoms with van der Waals surface area (Å²) in [4.78, 5) is 34.5. The fraction of sp³-hybridized carbons (Fsp3) is 0.433. The number of carbonyl (C=O) groups excluding carboxylic acids is 2. The largest absolute Gasteiger partial charge is 0.443 e. The van der Waals surface area contributed by atoms with Gasteiger partial charge in [0.25, 0.3) is 0 Å².